The number of rotatable bonds is 6. The normalized spacial score (nSPS) is 12.4. The molecule has 0 spiro atoms. The van der Waals surface area contributed by atoms with Crippen LogP contribution < -0.4 is 5.32 Å². The van der Waals surface area contributed by atoms with Crippen LogP contribution in [0.3, 0.4) is 0 Å². The SMILES string of the molecule is Cc1cc(-c2nnc(CN[C@H](c3ccccc3)c3ccco3)o2)c(C)o1. The second kappa shape index (κ2) is 7.01. The maximum Gasteiger partial charge on any atom is 0.251 e. The lowest BCUT2D eigenvalue weighted by Gasteiger charge is -2.15. The van der Waals surface area contributed by atoms with Crippen LogP contribution in [-0.4, -0.2) is 10.2 Å². The van der Waals surface area contributed by atoms with Gasteiger partial charge in [-0.15, -0.1) is 10.2 Å². The topological polar surface area (TPSA) is 77.2 Å². The van der Waals surface area contributed by atoms with Crippen molar-refractivity contribution >= 4 is 0 Å². The fourth-order valence-corrected chi connectivity index (χ4v) is 2.95. The first-order chi connectivity index (χ1) is 12.7. The van der Waals surface area contributed by atoms with Gasteiger partial charge in [-0.2, -0.15) is 0 Å². The smallest absolute Gasteiger partial charge is 0.251 e. The van der Waals surface area contributed by atoms with Gasteiger partial charge in [0.1, 0.15) is 17.3 Å². The highest BCUT2D eigenvalue weighted by Gasteiger charge is 2.19. The van der Waals surface area contributed by atoms with Gasteiger partial charge in [0.15, 0.2) is 0 Å². The van der Waals surface area contributed by atoms with Crippen molar-refractivity contribution in [3.05, 3.63) is 83.5 Å². The van der Waals surface area contributed by atoms with Gasteiger partial charge in [0, 0.05) is 0 Å². The summed E-state index contributed by atoms with van der Waals surface area (Å²) in [6, 6.07) is 15.7. The summed E-state index contributed by atoms with van der Waals surface area (Å²) in [5, 5.41) is 11.7. The van der Waals surface area contributed by atoms with Crippen molar-refractivity contribution in [1.82, 2.24) is 15.5 Å². The van der Waals surface area contributed by atoms with Gasteiger partial charge in [0.2, 0.25) is 5.89 Å². The van der Waals surface area contributed by atoms with E-state index >= 15 is 0 Å². The quantitative estimate of drug-likeness (QED) is 0.555. The van der Waals surface area contributed by atoms with Crippen molar-refractivity contribution in [2.75, 3.05) is 0 Å². The van der Waals surface area contributed by atoms with E-state index in [1.165, 1.54) is 0 Å². The van der Waals surface area contributed by atoms with Gasteiger partial charge >= 0.3 is 0 Å². The largest absolute Gasteiger partial charge is 0.467 e. The van der Waals surface area contributed by atoms with Crippen LogP contribution in [0.1, 0.15) is 34.8 Å². The minimum atomic E-state index is -0.0977. The van der Waals surface area contributed by atoms with Crippen molar-refractivity contribution < 1.29 is 13.3 Å². The molecule has 0 saturated carbocycles. The van der Waals surface area contributed by atoms with Gasteiger partial charge in [-0.3, -0.25) is 5.32 Å². The minimum absolute atomic E-state index is 0.0977. The number of aryl methyl sites for hydroxylation is 2. The average Bonchev–Trinajstić information content (AvgIpc) is 3.38. The molecule has 0 unspecified atom stereocenters. The molecule has 0 saturated heterocycles. The molecule has 0 aliphatic rings. The third-order valence-corrected chi connectivity index (χ3v) is 4.16. The molecule has 0 amide bonds. The van der Waals surface area contributed by atoms with Crippen molar-refractivity contribution in [3.63, 3.8) is 0 Å². The molecule has 3 aromatic heterocycles. The Morgan fingerprint density at radius 1 is 1.00 bits per heavy atom. The molecule has 0 fully saturated rings. The van der Waals surface area contributed by atoms with Crippen LogP contribution in [0.4, 0.5) is 0 Å². The number of furan rings is 2. The lowest BCUT2D eigenvalue weighted by molar-refractivity contribution is 0.416. The predicted octanol–water partition coefficient (Wildman–Crippen LogP) is 4.42. The predicted molar refractivity (Wildman–Crippen MR) is 95.3 cm³/mol. The minimum Gasteiger partial charge on any atom is -0.467 e. The highest BCUT2D eigenvalue weighted by Crippen LogP contribution is 2.26. The van der Waals surface area contributed by atoms with E-state index in [1.807, 2.05) is 50.2 Å². The molecule has 6 nitrogen and oxygen atoms in total. The van der Waals surface area contributed by atoms with E-state index in [0.717, 1.165) is 28.4 Å². The number of nitrogens with zero attached hydrogens (tertiary/aromatic N) is 2. The molecule has 0 radical (unpaired) electrons. The van der Waals surface area contributed by atoms with Crippen LogP contribution in [0, 0.1) is 13.8 Å². The molecule has 0 aliphatic heterocycles. The van der Waals surface area contributed by atoms with E-state index in [0.29, 0.717) is 18.3 Å². The van der Waals surface area contributed by atoms with Crippen LogP contribution in [0.2, 0.25) is 0 Å². The van der Waals surface area contributed by atoms with Crippen LogP contribution in [0.15, 0.2) is 68.0 Å². The van der Waals surface area contributed by atoms with E-state index in [4.69, 9.17) is 13.3 Å². The van der Waals surface area contributed by atoms with E-state index < -0.39 is 0 Å². The average molecular weight is 349 g/mol. The highest BCUT2D eigenvalue weighted by molar-refractivity contribution is 5.55. The summed E-state index contributed by atoms with van der Waals surface area (Å²) in [6.45, 7) is 4.19. The molecular formula is C20H19N3O3. The van der Waals surface area contributed by atoms with Crippen LogP contribution >= 0.6 is 0 Å². The maximum atomic E-state index is 5.79. The van der Waals surface area contributed by atoms with Crippen LogP contribution in [0.5, 0.6) is 0 Å². The second-order valence-electron chi connectivity index (χ2n) is 6.07. The lowest BCUT2D eigenvalue weighted by atomic mass is 10.0. The first-order valence-electron chi connectivity index (χ1n) is 8.42. The summed E-state index contributed by atoms with van der Waals surface area (Å²) in [5.74, 6) is 3.38. The molecular weight excluding hydrogens is 330 g/mol. The summed E-state index contributed by atoms with van der Waals surface area (Å²) in [6.07, 6.45) is 1.67. The molecule has 0 aliphatic carbocycles. The Bertz CT molecular complexity index is 971. The summed E-state index contributed by atoms with van der Waals surface area (Å²) in [7, 11) is 0. The third-order valence-electron chi connectivity index (χ3n) is 4.16. The van der Waals surface area contributed by atoms with Crippen molar-refractivity contribution in [2.45, 2.75) is 26.4 Å². The number of benzene rings is 1. The zero-order valence-corrected chi connectivity index (χ0v) is 14.6. The van der Waals surface area contributed by atoms with Crippen LogP contribution in [0.25, 0.3) is 11.5 Å². The zero-order valence-electron chi connectivity index (χ0n) is 14.6. The Hall–Kier alpha value is -3.12. The number of nitrogens with one attached hydrogen (secondary N) is 1. The maximum absolute atomic E-state index is 5.79. The van der Waals surface area contributed by atoms with Gasteiger partial charge in [-0.25, -0.2) is 0 Å². The standard InChI is InChI=1S/C20H19N3O3/c1-13-11-16(14(2)25-13)20-23-22-18(26-20)12-21-19(17-9-6-10-24-17)15-7-4-3-5-8-15/h3-11,19,21H,12H2,1-2H3/t19-/m1/s1. The molecule has 1 aromatic carbocycles. The molecule has 4 rings (SSSR count). The Kier molecular flexibility index (Phi) is 4.41. The van der Waals surface area contributed by atoms with Crippen molar-refractivity contribution in [2.24, 2.45) is 0 Å². The second-order valence-corrected chi connectivity index (χ2v) is 6.07. The fourth-order valence-electron chi connectivity index (χ4n) is 2.95. The van der Waals surface area contributed by atoms with Crippen LogP contribution in [-0.2, 0) is 6.54 Å². The first kappa shape index (κ1) is 16.4. The zero-order chi connectivity index (χ0) is 17.9. The van der Waals surface area contributed by atoms with E-state index in [9.17, 15) is 0 Å². The number of hydrogen-bond donors (Lipinski definition) is 1. The Morgan fingerprint density at radius 3 is 2.54 bits per heavy atom. The molecule has 3 heterocycles. The van der Waals surface area contributed by atoms with E-state index in [1.54, 1.807) is 6.26 Å². The molecule has 6 heteroatoms. The molecule has 1 atom stereocenters. The van der Waals surface area contributed by atoms with Crippen molar-refractivity contribution in [1.29, 1.82) is 0 Å². The fraction of sp³-hybridized carbons (Fsp3) is 0.200. The van der Waals surface area contributed by atoms with Gasteiger partial charge < -0.3 is 13.3 Å². The Labute approximate surface area is 150 Å². The van der Waals surface area contributed by atoms with Gasteiger partial charge in [-0.05, 0) is 37.6 Å². The molecule has 0 bridgehead atoms. The molecule has 1 N–H and O–H groups in total. The van der Waals surface area contributed by atoms with Gasteiger partial charge in [0.05, 0.1) is 24.4 Å². The molecule has 26 heavy (non-hydrogen) atoms. The van der Waals surface area contributed by atoms with E-state index in [2.05, 4.69) is 27.6 Å². The molecule has 4 aromatic rings. The Morgan fingerprint density at radius 2 is 1.85 bits per heavy atom. The van der Waals surface area contributed by atoms with Crippen molar-refractivity contribution in [3.8, 4) is 11.5 Å². The number of aromatic nitrogens is 2. The first-order valence-corrected chi connectivity index (χ1v) is 8.42. The summed E-state index contributed by atoms with van der Waals surface area (Å²) in [5.41, 5.74) is 1.93. The van der Waals surface area contributed by atoms with Gasteiger partial charge in [0.25, 0.3) is 5.89 Å². The Balaban J connectivity index is 1.53. The molecule has 132 valence electrons. The van der Waals surface area contributed by atoms with E-state index in [-0.39, 0.29) is 6.04 Å². The summed E-state index contributed by atoms with van der Waals surface area (Å²) >= 11 is 0. The summed E-state index contributed by atoms with van der Waals surface area (Å²) < 4.78 is 16.9. The highest BCUT2D eigenvalue weighted by atomic mass is 16.4. The monoisotopic (exact) mass is 349 g/mol. The lowest BCUT2D eigenvalue weighted by Crippen LogP contribution is -2.21. The van der Waals surface area contributed by atoms with Gasteiger partial charge in [-0.1, -0.05) is 30.3 Å². The third kappa shape index (κ3) is 3.32. The number of hydrogen-bond acceptors (Lipinski definition) is 6. The summed E-state index contributed by atoms with van der Waals surface area (Å²) in [4.78, 5) is 0.